The van der Waals surface area contributed by atoms with Crippen LogP contribution in [0.1, 0.15) is 19.8 Å². The van der Waals surface area contributed by atoms with Crippen LogP contribution in [0, 0.1) is 5.92 Å². The van der Waals surface area contributed by atoms with Crippen molar-refractivity contribution in [3.63, 3.8) is 0 Å². The van der Waals surface area contributed by atoms with Crippen LogP contribution < -0.4 is 0 Å². The Hall–Kier alpha value is -0.790. The smallest absolute Gasteiger partial charge is 0.0998 e. The van der Waals surface area contributed by atoms with Crippen molar-refractivity contribution in [2.24, 2.45) is 10.9 Å². The van der Waals surface area contributed by atoms with Crippen LogP contribution in [0.3, 0.4) is 0 Å². The zero-order valence-electron chi connectivity index (χ0n) is 7.17. The van der Waals surface area contributed by atoms with E-state index in [1.165, 1.54) is 18.5 Å². The van der Waals surface area contributed by atoms with Gasteiger partial charge in [0, 0.05) is 18.8 Å². The molecule has 0 aromatic heterocycles. The SMILES string of the molecule is C=C1CC2CC2N1C(C)=NC. The van der Waals surface area contributed by atoms with E-state index in [4.69, 9.17) is 0 Å². The minimum Gasteiger partial charge on any atom is -0.331 e. The molecule has 1 aliphatic carbocycles. The van der Waals surface area contributed by atoms with Gasteiger partial charge in [-0.05, 0) is 25.7 Å². The van der Waals surface area contributed by atoms with Crippen molar-refractivity contribution in [1.29, 1.82) is 0 Å². The van der Waals surface area contributed by atoms with E-state index in [2.05, 4.69) is 23.4 Å². The van der Waals surface area contributed by atoms with E-state index in [0.29, 0.717) is 0 Å². The van der Waals surface area contributed by atoms with Gasteiger partial charge in [0.05, 0.1) is 5.84 Å². The molecule has 1 saturated heterocycles. The van der Waals surface area contributed by atoms with Crippen LogP contribution in [0.15, 0.2) is 17.3 Å². The Balaban J connectivity index is 2.18. The molecule has 2 nitrogen and oxygen atoms in total. The molecule has 1 aliphatic heterocycles. The molecule has 2 aliphatic rings. The highest BCUT2D eigenvalue weighted by molar-refractivity contribution is 5.82. The standard InChI is InChI=1S/C9H14N2/c1-6-4-8-5-9(8)11(6)7(2)10-3/h8-9H,1,4-5H2,2-3H3. The van der Waals surface area contributed by atoms with E-state index >= 15 is 0 Å². The summed E-state index contributed by atoms with van der Waals surface area (Å²) in [5, 5.41) is 0. The highest BCUT2D eigenvalue weighted by atomic mass is 15.3. The first-order valence-corrected chi connectivity index (χ1v) is 4.14. The molecular weight excluding hydrogens is 136 g/mol. The zero-order chi connectivity index (χ0) is 8.01. The van der Waals surface area contributed by atoms with Gasteiger partial charge in [0.15, 0.2) is 0 Å². The molecule has 2 heteroatoms. The summed E-state index contributed by atoms with van der Waals surface area (Å²) in [6, 6.07) is 0.756. The fourth-order valence-corrected chi connectivity index (χ4v) is 1.98. The minimum atomic E-state index is 0.756. The lowest BCUT2D eigenvalue weighted by Gasteiger charge is -2.20. The number of amidine groups is 1. The number of piperidine rings is 1. The molecule has 2 rings (SSSR count). The fraction of sp³-hybridized carbons (Fsp3) is 0.667. The van der Waals surface area contributed by atoms with Gasteiger partial charge in [-0.2, -0.15) is 0 Å². The van der Waals surface area contributed by atoms with Gasteiger partial charge in [-0.3, -0.25) is 4.99 Å². The lowest BCUT2D eigenvalue weighted by Crippen LogP contribution is -2.26. The fourth-order valence-electron chi connectivity index (χ4n) is 1.98. The summed E-state index contributed by atoms with van der Waals surface area (Å²) in [6.07, 6.45) is 2.55. The van der Waals surface area contributed by atoms with E-state index in [-0.39, 0.29) is 0 Å². The number of hydrogen-bond donors (Lipinski definition) is 0. The average molecular weight is 150 g/mol. The third kappa shape index (κ3) is 0.889. The monoisotopic (exact) mass is 150 g/mol. The Morgan fingerprint density at radius 3 is 2.91 bits per heavy atom. The average Bonchev–Trinajstić information content (AvgIpc) is 2.63. The van der Waals surface area contributed by atoms with Crippen molar-refractivity contribution in [2.45, 2.75) is 25.8 Å². The van der Waals surface area contributed by atoms with Crippen LogP contribution in [-0.2, 0) is 0 Å². The summed E-state index contributed by atoms with van der Waals surface area (Å²) < 4.78 is 0. The molecular formula is C9H14N2. The molecule has 0 aromatic rings. The number of likely N-dealkylation sites (tertiary alicyclic amines) is 1. The summed E-state index contributed by atoms with van der Waals surface area (Å²) >= 11 is 0. The molecule has 1 saturated carbocycles. The Labute approximate surface area is 67.6 Å². The van der Waals surface area contributed by atoms with Gasteiger partial charge in [-0.25, -0.2) is 0 Å². The Morgan fingerprint density at radius 1 is 1.73 bits per heavy atom. The van der Waals surface area contributed by atoms with E-state index in [0.717, 1.165) is 17.8 Å². The summed E-state index contributed by atoms with van der Waals surface area (Å²) in [4.78, 5) is 6.48. The second kappa shape index (κ2) is 2.10. The second-order valence-electron chi connectivity index (χ2n) is 3.47. The Kier molecular flexibility index (Phi) is 1.31. The number of aliphatic imine (C=N–C) groups is 1. The summed E-state index contributed by atoms with van der Waals surface area (Å²) in [5.74, 6) is 2.03. The maximum atomic E-state index is 4.18. The quantitative estimate of drug-likeness (QED) is 0.378. The molecule has 0 aromatic carbocycles. The number of nitrogens with zero attached hydrogens (tertiary/aromatic N) is 2. The third-order valence-corrected chi connectivity index (χ3v) is 2.73. The highest BCUT2D eigenvalue weighted by Crippen LogP contribution is 2.49. The topological polar surface area (TPSA) is 15.6 Å². The van der Waals surface area contributed by atoms with E-state index < -0.39 is 0 Å². The molecule has 2 atom stereocenters. The van der Waals surface area contributed by atoms with Crippen LogP contribution in [0.2, 0.25) is 0 Å². The van der Waals surface area contributed by atoms with Crippen LogP contribution in [0.25, 0.3) is 0 Å². The number of fused-ring (bicyclic) bond motifs is 1. The van der Waals surface area contributed by atoms with Crippen molar-refractivity contribution in [3.05, 3.63) is 12.3 Å². The largest absolute Gasteiger partial charge is 0.331 e. The van der Waals surface area contributed by atoms with Crippen LogP contribution in [0.5, 0.6) is 0 Å². The van der Waals surface area contributed by atoms with Gasteiger partial charge in [-0.1, -0.05) is 6.58 Å². The first-order valence-electron chi connectivity index (χ1n) is 4.14. The third-order valence-electron chi connectivity index (χ3n) is 2.73. The zero-order valence-corrected chi connectivity index (χ0v) is 7.17. The lowest BCUT2D eigenvalue weighted by molar-refractivity contribution is 0.532. The lowest BCUT2D eigenvalue weighted by atomic mass is 10.3. The molecule has 11 heavy (non-hydrogen) atoms. The molecule has 0 spiro atoms. The molecule has 1 heterocycles. The van der Waals surface area contributed by atoms with Crippen LogP contribution in [-0.4, -0.2) is 23.8 Å². The Bertz CT molecular complexity index is 230. The number of allylic oxidation sites excluding steroid dienone is 1. The highest BCUT2D eigenvalue weighted by Gasteiger charge is 2.49. The van der Waals surface area contributed by atoms with E-state index in [1.54, 1.807) is 0 Å². The first kappa shape index (κ1) is 6.89. The van der Waals surface area contributed by atoms with Crippen molar-refractivity contribution in [3.8, 4) is 0 Å². The molecule has 0 bridgehead atoms. The molecule has 0 N–H and O–H groups in total. The van der Waals surface area contributed by atoms with Crippen molar-refractivity contribution in [1.82, 2.24) is 4.90 Å². The predicted molar refractivity (Wildman–Crippen MR) is 46.5 cm³/mol. The Morgan fingerprint density at radius 2 is 2.45 bits per heavy atom. The van der Waals surface area contributed by atoms with Gasteiger partial charge < -0.3 is 4.90 Å². The van der Waals surface area contributed by atoms with E-state index in [9.17, 15) is 0 Å². The van der Waals surface area contributed by atoms with Gasteiger partial charge in [0.1, 0.15) is 0 Å². The van der Waals surface area contributed by atoms with Gasteiger partial charge in [-0.15, -0.1) is 0 Å². The second-order valence-corrected chi connectivity index (χ2v) is 3.47. The normalized spacial score (nSPS) is 36.0. The summed E-state index contributed by atoms with van der Waals surface area (Å²) in [7, 11) is 1.85. The van der Waals surface area contributed by atoms with Crippen molar-refractivity contribution in [2.75, 3.05) is 7.05 Å². The van der Waals surface area contributed by atoms with E-state index in [1.807, 2.05) is 7.05 Å². The molecule has 0 radical (unpaired) electrons. The summed E-state index contributed by atoms with van der Waals surface area (Å²) in [6.45, 7) is 6.09. The first-order chi connectivity index (χ1) is 5.24. The number of rotatable bonds is 0. The number of hydrogen-bond acceptors (Lipinski definition) is 1. The summed E-state index contributed by atoms with van der Waals surface area (Å²) in [5.41, 5.74) is 1.26. The maximum Gasteiger partial charge on any atom is 0.0998 e. The van der Waals surface area contributed by atoms with Crippen LogP contribution in [0.4, 0.5) is 0 Å². The van der Waals surface area contributed by atoms with Gasteiger partial charge in [0.25, 0.3) is 0 Å². The van der Waals surface area contributed by atoms with Crippen molar-refractivity contribution < 1.29 is 0 Å². The molecule has 2 fully saturated rings. The van der Waals surface area contributed by atoms with Crippen molar-refractivity contribution >= 4 is 5.84 Å². The van der Waals surface area contributed by atoms with Crippen LogP contribution >= 0.6 is 0 Å². The maximum absolute atomic E-state index is 4.18. The molecule has 0 amide bonds. The molecule has 2 unspecified atom stereocenters. The molecule has 60 valence electrons. The van der Waals surface area contributed by atoms with Gasteiger partial charge in [0.2, 0.25) is 0 Å². The minimum absolute atomic E-state index is 0.756. The van der Waals surface area contributed by atoms with Gasteiger partial charge >= 0.3 is 0 Å². The predicted octanol–water partition coefficient (Wildman–Crippen LogP) is 1.64.